The Kier molecular flexibility index (Phi) is 9.67. The number of thioether (sulfide) groups is 1. The molecule has 1 aliphatic heterocycles. The molecule has 0 aromatic heterocycles. The third kappa shape index (κ3) is 8.08. The van der Waals surface area contributed by atoms with Gasteiger partial charge in [-0.25, -0.2) is 0 Å². The number of carbonyl (C=O) groups excluding carboxylic acids is 4. The Morgan fingerprint density at radius 1 is 0.903 bits per heavy atom. The Balaban J connectivity index is 2.29. The number of carbonyl (C=O) groups is 4. The van der Waals surface area contributed by atoms with Crippen LogP contribution in [-0.4, -0.2) is 73.5 Å². The first-order valence-electron chi connectivity index (χ1n) is 9.36. The number of rotatable bonds is 9. The second-order valence-electron chi connectivity index (χ2n) is 6.56. The summed E-state index contributed by atoms with van der Waals surface area (Å²) in [5, 5.41) is -0.636. The zero-order valence-corrected chi connectivity index (χ0v) is 20.0. The first-order chi connectivity index (χ1) is 14.7. The Hall–Kier alpha value is -2.23. The van der Waals surface area contributed by atoms with Gasteiger partial charge in [0.2, 0.25) is 0 Å². The van der Waals surface area contributed by atoms with Crippen molar-refractivity contribution >= 4 is 50.9 Å². The molecule has 1 saturated heterocycles. The minimum atomic E-state index is -0.919. The number of hydrogen-bond acceptors (Lipinski definition) is 10. The quantitative estimate of drug-likeness (QED) is 0.270. The summed E-state index contributed by atoms with van der Waals surface area (Å²) >= 11 is 0.785. The Labute approximate surface area is 190 Å². The fourth-order valence-electron chi connectivity index (χ4n) is 2.86. The van der Waals surface area contributed by atoms with Crippen molar-refractivity contribution in [1.29, 1.82) is 0 Å². The van der Waals surface area contributed by atoms with Crippen LogP contribution in [0.1, 0.15) is 27.7 Å². The molecule has 1 unspecified atom stereocenters. The molecule has 1 aliphatic rings. The molecule has 0 N–H and O–H groups in total. The van der Waals surface area contributed by atoms with E-state index in [2.05, 4.69) is 0 Å². The van der Waals surface area contributed by atoms with E-state index in [0.29, 0.717) is 5.75 Å². The second kappa shape index (κ2) is 12.0. The molecule has 1 aromatic carbocycles. The summed E-state index contributed by atoms with van der Waals surface area (Å²) in [4.78, 5) is 46.5. The summed E-state index contributed by atoms with van der Waals surface area (Å²) in [5.74, 6) is -1.62. The molecular formula is C20H24O9SSe. The van der Waals surface area contributed by atoms with Gasteiger partial charge in [0, 0.05) is 0 Å². The molecule has 9 nitrogen and oxygen atoms in total. The van der Waals surface area contributed by atoms with E-state index in [4.69, 9.17) is 22.8 Å². The molecule has 0 amide bonds. The predicted molar refractivity (Wildman–Crippen MR) is 111 cm³/mol. The van der Waals surface area contributed by atoms with Crippen LogP contribution in [-0.2, 0) is 38.1 Å². The number of para-hydroxylation sites is 1. The fraction of sp³-hybridized carbons (Fsp3) is 0.500. The van der Waals surface area contributed by atoms with Crippen LogP contribution >= 0.6 is 11.8 Å². The Bertz CT molecular complexity index is 788. The topological polar surface area (TPSA) is 114 Å². The zero-order valence-electron chi connectivity index (χ0n) is 17.5. The van der Waals surface area contributed by atoms with Gasteiger partial charge in [0.25, 0.3) is 0 Å². The molecule has 1 aromatic rings. The van der Waals surface area contributed by atoms with Crippen LogP contribution in [0.25, 0.3) is 0 Å². The zero-order chi connectivity index (χ0) is 23.0. The molecule has 0 radical (unpaired) electrons. The first-order valence-corrected chi connectivity index (χ1v) is 12.0. The van der Waals surface area contributed by atoms with E-state index in [1.807, 2.05) is 18.2 Å². The van der Waals surface area contributed by atoms with E-state index < -0.39 is 62.7 Å². The maximum absolute atomic E-state index is 11.8. The van der Waals surface area contributed by atoms with Gasteiger partial charge in [-0.2, -0.15) is 0 Å². The molecule has 1 fully saturated rings. The van der Waals surface area contributed by atoms with E-state index in [1.54, 1.807) is 12.1 Å². The minimum absolute atomic E-state index is 0.226. The van der Waals surface area contributed by atoms with E-state index in [9.17, 15) is 19.2 Å². The van der Waals surface area contributed by atoms with Gasteiger partial charge in [0.05, 0.1) is 0 Å². The van der Waals surface area contributed by atoms with Crippen LogP contribution in [0.5, 0.6) is 5.75 Å². The van der Waals surface area contributed by atoms with Gasteiger partial charge in [-0.1, -0.05) is 0 Å². The van der Waals surface area contributed by atoms with Crippen LogP contribution in [0.15, 0.2) is 30.3 Å². The van der Waals surface area contributed by atoms with E-state index >= 15 is 0 Å². The van der Waals surface area contributed by atoms with Gasteiger partial charge in [-0.15, -0.1) is 0 Å². The van der Waals surface area contributed by atoms with Gasteiger partial charge in [-0.05, 0) is 0 Å². The van der Waals surface area contributed by atoms with Crippen LogP contribution < -0.4 is 3.82 Å². The van der Waals surface area contributed by atoms with Gasteiger partial charge in [-0.3, -0.25) is 0 Å². The summed E-state index contributed by atoms with van der Waals surface area (Å²) < 4.78 is 26.9. The van der Waals surface area contributed by atoms with Crippen molar-refractivity contribution in [2.24, 2.45) is 0 Å². The van der Waals surface area contributed by atoms with E-state index in [1.165, 1.54) is 39.5 Å². The second-order valence-corrected chi connectivity index (χ2v) is 10.4. The van der Waals surface area contributed by atoms with Crippen molar-refractivity contribution < 1.29 is 41.9 Å². The van der Waals surface area contributed by atoms with Crippen molar-refractivity contribution in [3.63, 3.8) is 0 Å². The van der Waals surface area contributed by atoms with Crippen molar-refractivity contribution in [3.8, 4) is 5.75 Å². The van der Waals surface area contributed by atoms with Crippen LogP contribution in [0.4, 0.5) is 0 Å². The molecule has 0 aliphatic carbocycles. The molecule has 11 heteroatoms. The summed E-state index contributed by atoms with van der Waals surface area (Å²) in [7, 11) is 0. The van der Waals surface area contributed by atoms with E-state index in [0.717, 1.165) is 0 Å². The summed E-state index contributed by atoms with van der Waals surface area (Å²) in [6.07, 6.45) is -2.65. The molecule has 5 atom stereocenters. The third-order valence-corrected chi connectivity index (χ3v) is 8.02. The molecular weight excluding hydrogens is 495 g/mol. The Morgan fingerprint density at radius 3 is 2.06 bits per heavy atom. The maximum atomic E-state index is 11.8. The number of ether oxygens (including phenoxy) is 4. The Morgan fingerprint density at radius 2 is 1.52 bits per heavy atom. The molecule has 170 valence electrons. The molecule has 1 heterocycles. The predicted octanol–water partition coefficient (Wildman–Crippen LogP) is 1.48. The third-order valence-electron chi connectivity index (χ3n) is 3.93. The number of hydrogen-bond donors (Lipinski definition) is 0. The molecule has 31 heavy (non-hydrogen) atoms. The summed E-state index contributed by atoms with van der Waals surface area (Å²) in [6, 6.07) is 9.11. The molecule has 0 saturated carbocycles. The van der Waals surface area contributed by atoms with E-state index in [-0.39, 0.29) is 10.8 Å². The van der Waals surface area contributed by atoms with Crippen molar-refractivity contribution in [3.05, 3.63) is 30.3 Å². The van der Waals surface area contributed by atoms with Crippen molar-refractivity contribution in [2.45, 2.75) is 55.4 Å². The standard InChI is InChI=1S/C20H24O9SSe/c1-11(21)25-10-16(26-12(2)22)19-17(27-13(3)23)18(28-14(4)24)20(30-19)31-29-15-8-6-5-7-9-15/h5-9,16-20H,10H2,1-4H3/t16-,17-,18-,19+,20?/m1/s1. The monoisotopic (exact) mass is 520 g/mol. The molecule has 2 rings (SSSR count). The van der Waals surface area contributed by atoms with Crippen molar-refractivity contribution in [2.75, 3.05) is 6.61 Å². The van der Waals surface area contributed by atoms with Crippen LogP contribution in [0.3, 0.4) is 0 Å². The SMILES string of the molecule is CC(=O)OC[C@@H](OC(C)=O)[C@@H]1SC([Se]Oc2ccccc2)[C@H](OC(C)=O)[C@H]1OC(C)=O. The van der Waals surface area contributed by atoms with Gasteiger partial charge >= 0.3 is 191 Å². The first kappa shape index (κ1) is 25.0. The normalized spacial score (nSPS) is 23.4. The van der Waals surface area contributed by atoms with Gasteiger partial charge in [0.15, 0.2) is 0 Å². The fourth-order valence-corrected chi connectivity index (χ4v) is 6.88. The van der Waals surface area contributed by atoms with Crippen LogP contribution in [0, 0.1) is 0 Å². The van der Waals surface area contributed by atoms with Crippen LogP contribution in [0.2, 0.25) is 0 Å². The van der Waals surface area contributed by atoms with Gasteiger partial charge in [0.1, 0.15) is 0 Å². The number of benzene rings is 1. The van der Waals surface area contributed by atoms with Gasteiger partial charge < -0.3 is 0 Å². The summed E-state index contributed by atoms with van der Waals surface area (Å²) in [6.45, 7) is 4.73. The molecule has 0 bridgehead atoms. The average Bonchev–Trinajstić information content (AvgIpc) is 3.00. The average molecular weight is 519 g/mol. The molecule has 0 spiro atoms. The summed E-state index contributed by atoms with van der Waals surface area (Å²) in [5.41, 5.74) is 0. The number of esters is 4. The van der Waals surface area contributed by atoms with Crippen molar-refractivity contribution in [1.82, 2.24) is 0 Å².